The number of aliphatic imine (C=N–C) groups is 1. The Kier molecular flexibility index (Phi) is 3.29. The van der Waals surface area contributed by atoms with E-state index in [9.17, 15) is 0 Å². The van der Waals surface area contributed by atoms with Crippen LogP contribution in [0.25, 0.3) is 0 Å². The van der Waals surface area contributed by atoms with Crippen LogP contribution in [0.3, 0.4) is 0 Å². The van der Waals surface area contributed by atoms with Gasteiger partial charge >= 0.3 is 0 Å². The maximum atomic E-state index is 5.72. The van der Waals surface area contributed by atoms with Crippen molar-refractivity contribution in [3.05, 3.63) is 22.4 Å². The minimum absolute atomic E-state index is 0.296. The van der Waals surface area contributed by atoms with E-state index in [2.05, 4.69) is 16.4 Å². The van der Waals surface area contributed by atoms with Crippen LogP contribution in [0.4, 0.5) is 0 Å². The van der Waals surface area contributed by atoms with Crippen molar-refractivity contribution in [1.82, 2.24) is 0 Å². The summed E-state index contributed by atoms with van der Waals surface area (Å²) in [6.07, 6.45) is 0.788. The van der Waals surface area contributed by atoms with E-state index in [1.807, 2.05) is 19.9 Å². The van der Waals surface area contributed by atoms with Gasteiger partial charge in [0.05, 0.1) is 5.84 Å². The van der Waals surface area contributed by atoms with Gasteiger partial charge in [0.25, 0.3) is 0 Å². The van der Waals surface area contributed by atoms with Gasteiger partial charge in [0, 0.05) is 17.3 Å². The molecule has 0 amide bonds. The zero-order valence-corrected chi connectivity index (χ0v) is 8.27. The van der Waals surface area contributed by atoms with Crippen molar-refractivity contribution >= 4 is 17.2 Å². The molecule has 0 saturated heterocycles. The van der Waals surface area contributed by atoms with Gasteiger partial charge in [0.1, 0.15) is 0 Å². The standard InChI is InChI=1S/C9H14N2S/c1-7(2)11-9(10)6-8-4-3-5-12-8/h3-5,7H,6H2,1-2H3,(H2,10,11). The molecular formula is C9H14N2S. The second-order valence-corrected chi connectivity index (χ2v) is 4.00. The molecule has 1 aromatic rings. The molecule has 0 saturated carbocycles. The van der Waals surface area contributed by atoms with Gasteiger partial charge in [-0.05, 0) is 25.3 Å². The van der Waals surface area contributed by atoms with Crippen LogP contribution in [-0.4, -0.2) is 11.9 Å². The van der Waals surface area contributed by atoms with Crippen molar-refractivity contribution in [3.8, 4) is 0 Å². The predicted octanol–water partition coefficient (Wildman–Crippen LogP) is 2.06. The van der Waals surface area contributed by atoms with E-state index in [-0.39, 0.29) is 0 Å². The fourth-order valence-corrected chi connectivity index (χ4v) is 1.69. The molecule has 3 heteroatoms. The molecule has 2 nitrogen and oxygen atoms in total. The Balaban J connectivity index is 2.52. The van der Waals surface area contributed by atoms with Crippen molar-refractivity contribution in [2.75, 3.05) is 0 Å². The minimum Gasteiger partial charge on any atom is -0.387 e. The highest BCUT2D eigenvalue weighted by atomic mass is 32.1. The Morgan fingerprint density at radius 2 is 2.42 bits per heavy atom. The first-order valence-corrected chi connectivity index (χ1v) is 4.91. The van der Waals surface area contributed by atoms with Gasteiger partial charge in [-0.25, -0.2) is 0 Å². The zero-order chi connectivity index (χ0) is 8.97. The molecule has 1 rings (SSSR count). The SMILES string of the molecule is CC(C)N=C(N)Cc1cccs1. The van der Waals surface area contributed by atoms with Crippen LogP contribution in [-0.2, 0) is 6.42 Å². The normalized spacial score (nSPS) is 12.4. The Morgan fingerprint density at radius 3 is 2.92 bits per heavy atom. The molecule has 1 aromatic heterocycles. The molecule has 0 aliphatic rings. The molecule has 0 aliphatic carbocycles. The Bertz CT molecular complexity index is 250. The largest absolute Gasteiger partial charge is 0.387 e. The van der Waals surface area contributed by atoms with E-state index < -0.39 is 0 Å². The number of hydrogen-bond acceptors (Lipinski definition) is 2. The number of rotatable bonds is 3. The zero-order valence-electron chi connectivity index (χ0n) is 7.45. The van der Waals surface area contributed by atoms with Crippen LogP contribution in [0.2, 0.25) is 0 Å². The highest BCUT2D eigenvalue weighted by Gasteiger charge is 1.97. The highest BCUT2D eigenvalue weighted by Crippen LogP contribution is 2.08. The quantitative estimate of drug-likeness (QED) is 0.564. The average Bonchev–Trinajstić information content (AvgIpc) is 2.37. The molecule has 66 valence electrons. The van der Waals surface area contributed by atoms with Crippen molar-refractivity contribution in [2.24, 2.45) is 10.7 Å². The van der Waals surface area contributed by atoms with Crippen molar-refractivity contribution in [1.29, 1.82) is 0 Å². The fraction of sp³-hybridized carbons (Fsp3) is 0.444. The molecule has 2 N–H and O–H groups in total. The third-order valence-electron chi connectivity index (χ3n) is 1.36. The first-order valence-electron chi connectivity index (χ1n) is 4.03. The number of amidine groups is 1. The van der Waals surface area contributed by atoms with Crippen LogP contribution in [0, 0.1) is 0 Å². The summed E-state index contributed by atoms with van der Waals surface area (Å²) in [4.78, 5) is 5.53. The second kappa shape index (κ2) is 4.26. The minimum atomic E-state index is 0.296. The second-order valence-electron chi connectivity index (χ2n) is 2.97. The van der Waals surface area contributed by atoms with Gasteiger partial charge in [-0.15, -0.1) is 11.3 Å². The molecule has 0 aliphatic heterocycles. The van der Waals surface area contributed by atoms with Gasteiger partial charge in [-0.3, -0.25) is 4.99 Å². The molecule has 0 aromatic carbocycles. The summed E-state index contributed by atoms with van der Waals surface area (Å²) in [5.74, 6) is 0.729. The van der Waals surface area contributed by atoms with Crippen molar-refractivity contribution in [3.63, 3.8) is 0 Å². The van der Waals surface area contributed by atoms with E-state index in [4.69, 9.17) is 5.73 Å². The Labute approximate surface area is 77.1 Å². The molecule has 0 fully saturated rings. The van der Waals surface area contributed by atoms with Gasteiger partial charge in [0.15, 0.2) is 0 Å². The fourth-order valence-electron chi connectivity index (χ4n) is 0.969. The summed E-state index contributed by atoms with van der Waals surface area (Å²) >= 11 is 1.72. The lowest BCUT2D eigenvalue weighted by molar-refractivity contribution is 0.830. The molecular weight excluding hydrogens is 168 g/mol. The highest BCUT2D eigenvalue weighted by molar-refractivity contribution is 7.10. The van der Waals surface area contributed by atoms with E-state index in [0.717, 1.165) is 12.3 Å². The van der Waals surface area contributed by atoms with Crippen LogP contribution < -0.4 is 5.73 Å². The van der Waals surface area contributed by atoms with Gasteiger partial charge in [-0.1, -0.05) is 6.07 Å². The summed E-state index contributed by atoms with van der Waals surface area (Å²) in [5, 5.41) is 2.05. The average molecular weight is 182 g/mol. The van der Waals surface area contributed by atoms with E-state index in [1.165, 1.54) is 4.88 Å². The Morgan fingerprint density at radius 1 is 1.67 bits per heavy atom. The van der Waals surface area contributed by atoms with Crippen molar-refractivity contribution in [2.45, 2.75) is 26.3 Å². The monoisotopic (exact) mass is 182 g/mol. The lowest BCUT2D eigenvalue weighted by atomic mass is 10.3. The maximum Gasteiger partial charge on any atom is 0.0992 e. The van der Waals surface area contributed by atoms with Crippen LogP contribution in [0.5, 0.6) is 0 Å². The number of hydrogen-bond donors (Lipinski definition) is 1. The van der Waals surface area contributed by atoms with Crippen molar-refractivity contribution < 1.29 is 0 Å². The third kappa shape index (κ3) is 3.05. The van der Waals surface area contributed by atoms with E-state index >= 15 is 0 Å². The first kappa shape index (κ1) is 9.26. The van der Waals surface area contributed by atoms with E-state index in [1.54, 1.807) is 11.3 Å². The molecule has 0 bridgehead atoms. The predicted molar refractivity (Wildman–Crippen MR) is 54.8 cm³/mol. The van der Waals surface area contributed by atoms with Crippen LogP contribution in [0.1, 0.15) is 18.7 Å². The summed E-state index contributed by atoms with van der Waals surface area (Å²) in [5.41, 5.74) is 5.72. The topological polar surface area (TPSA) is 38.4 Å². The maximum absolute atomic E-state index is 5.72. The molecule has 12 heavy (non-hydrogen) atoms. The first-order chi connectivity index (χ1) is 5.68. The molecule has 1 heterocycles. The molecule has 0 atom stereocenters. The molecule has 0 spiro atoms. The Hall–Kier alpha value is -0.830. The third-order valence-corrected chi connectivity index (χ3v) is 2.24. The number of nitrogens with two attached hydrogens (primary N) is 1. The van der Waals surface area contributed by atoms with Gasteiger partial charge in [0.2, 0.25) is 0 Å². The summed E-state index contributed by atoms with van der Waals surface area (Å²) in [7, 11) is 0. The lowest BCUT2D eigenvalue weighted by Crippen LogP contribution is -2.16. The van der Waals surface area contributed by atoms with Gasteiger partial charge < -0.3 is 5.73 Å². The summed E-state index contributed by atoms with van der Waals surface area (Å²) in [6.45, 7) is 4.06. The van der Waals surface area contributed by atoms with Gasteiger partial charge in [-0.2, -0.15) is 0 Å². The lowest BCUT2D eigenvalue weighted by Gasteiger charge is -2.00. The van der Waals surface area contributed by atoms with Crippen LogP contribution in [0.15, 0.2) is 22.5 Å². The smallest absolute Gasteiger partial charge is 0.0992 e. The summed E-state index contributed by atoms with van der Waals surface area (Å²) < 4.78 is 0. The van der Waals surface area contributed by atoms with E-state index in [0.29, 0.717) is 6.04 Å². The number of nitrogens with zero attached hydrogens (tertiary/aromatic N) is 1. The van der Waals surface area contributed by atoms with Crippen LogP contribution >= 0.6 is 11.3 Å². The molecule has 0 radical (unpaired) electrons. The number of thiophene rings is 1. The summed E-state index contributed by atoms with van der Waals surface area (Å²) in [6, 6.07) is 4.40. The molecule has 0 unspecified atom stereocenters.